The van der Waals surface area contributed by atoms with Gasteiger partial charge in [-0.3, -0.25) is 4.79 Å². The number of nitrogens with one attached hydrogen (secondary N) is 1. The van der Waals surface area contributed by atoms with E-state index in [0.717, 1.165) is 11.1 Å². The minimum Gasteiger partial charge on any atom is -0.494 e. The summed E-state index contributed by atoms with van der Waals surface area (Å²) in [5, 5.41) is 12.8. The molecule has 0 aliphatic rings. The third-order valence-corrected chi connectivity index (χ3v) is 3.62. The van der Waals surface area contributed by atoms with E-state index in [1.807, 2.05) is 31.2 Å². The van der Waals surface area contributed by atoms with Crippen molar-refractivity contribution in [1.29, 1.82) is 0 Å². The predicted octanol–water partition coefficient (Wildman–Crippen LogP) is 2.54. The van der Waals surface area contributed by atoms with Crippen molar-refractivity contribution < 1.29 is 19.0 Å². The van der Waals surface area contributed by atoms with Crippen molar-refractivity contribution in [2.75, 3.05) is 13.7 Å². The van der Waals surface area contributed by atoms with Gasteiger partial charge < -0.3 is 15.2 Å². The Hall–Kier alpha value is -2.40. The van der Waals surface area contributed by atoms with E-state index in [0.29, 0.717) is 5.56 Å². The Bertz CT molecular complexity index is 688. The van der Waals surface area contributed by atoms with E-state index >= 15 is 0 Å². The van der Waals surface area contributed by atoms with Gasteiger partial charge in [0.15, 0.2) is 11.6 Å². The number of halogens is 1. The number of aliphatic hydroxyl groups is 1. The molecule has 122 valence electrons. The Kier molecular flexibility index (Phi) is 5.71. The molecule has 0 aliphatic carbocycles. The number of ether oxygens (including phenoxy) is 1. The molecule has 2 rings (SSSR count). The molecule has 0 radical (unpaired) electrons. The number of aliphatic hydroxyl groups excluding tert-OH is 1. The van der Waals surface area contributed by atoms with Gasteiger partial charge in [0, 0.05) is 6.54 Å². The van der Waals surface area contributed by atoms with E-state index in [1.54, 1.807) is 6.07 Å². The minimum absolute atomic E-state index is 0.0431. The normalized spacial score (nSPS) is 11.8. The van der Waals surface area contributed by atoms with Gasteiger partial charge in [-0.1, -0.05) is 30.3 Å². The molecular formula is C18H20FNO3. The highest BCUT2D eigenvalue weighted by atomic mass is 19.1. The topological polar surface area (TPSA) is 58.6 Å². The molecule has 0 spiro atoms. The monoisotopic (exact) mass is 317 g/mol. The second-order valence-corrected chi connectivity index (χ2v) is 5.32. The van der Waals surface area contributed by atoms with Crippen LogP contribution >= 0.6 is 0 Å². The Balaban J connectivity index is 1.90. The quantitative estimate of drug-likeness (QED) is 0.861. The second-order valence-electron chi connectivity index (χ2n) is 5.32. The maximum absolute atomic E-state index is 13.6. The lowest BCUT2D eigenvalue weighted by Crippen LogP contribution is -2.29. The molecule has 0 saturated carbocycles. The summed E-state index contributed by atoms with van der Waals surface area (Å²) >= 11 is 0. The summed E-state index contributed by atoms with van der Waals surface area (Å²) in [7, 11) is 1.39. The van der Waals surface area contributed by atoms with E-state index in [4.69, 9.17) is 4.74 Å². The number of methoxy groups -OCH3 is 1. The van der Waals surface area contributed by atoms with Gasteiger partial charge in [-0.25, -0.2) is 4.39 Å². The van der Waals surface area contributed by atoms with Crippen LogP contribution in [0.1, 0.15) is 22.8 Å². The Labute approximate surface area is 134 Å². The number of hydrogen-bond acceptors (Lipinski definition) is 3. The standard InChI is InChI=1S/C18H20FNO3/c1-12-5-3-4-6-14(12)16(21)11-20-18(22)10-13-7-8-17(23-2)15(19)9-13/h3-9,16,21H,10-11H2,1-2H3,(H,20,22). The molecule has 5 heteroatoms. The van der Waals surface area contributed by atoms with E-state index in [-0.39, 0.29) is 24.6 Å². The van der Waals surface area contributed by atoms with Crippen molar-refractivity contribution in [3.8, 4) is 5.75 Å². The van der Waals surface area contributed by atoms with Crippen LogP contribution in [0, 0.1) is 12.7 Å². The minimum atomic E-state index is -0.771. The largest absolute Gasteiger partial charge is 0.494 e. The molecule has 1 unspecified atom stereocenters. The van der Waals surface area contributed by atoms with Crippen LogP contribution < -0.4 is 10.1 Å². The lowest BCUT2D eigenvalue weighted by atomic mass is 10.0. The fourth-order valence-corrected chi connectivity index (χ4v) is 2.35. The number of carbonyl (C=O) groups excluding carboxylic acids is 1. The molecule has 2 aromatic rings. The molecule has 0 heterocycles. The number of benzene rings is 2. The van der Waals surface area contributed by atoms with Crippen LogP contribution in [0.4, 0.5) is 4.39 Å². The lowest BCUT2D eigenvalue weighted by molar-refractivity contribution is -0.120. The van der Waals surface area contributed by atoms with Gasteiger partial charge in [0.2, 0.25) is 5.91 Å². The molecule has 0 aromatic heterocycles. The van der Waals surface area contributed by atoms with E-state index in [1.165, 1.54) is 19.2 Å². The zero-order valence-electron chi connectivity index (χ0n) is 13.2. The molecule has 1 atom stereocenters. The molecule has 0 aliphatic heterocycles. The van der Waals surface area contributed by atoms with Crippen molar-refractivity contribution in [3.63, 3.8) is 0 Å². The van der Waals surface area contributed by atoms with Crippen LogP contribution in [0.15, 0.2) is 42.5 Å². The van der Waals surface area contributed by atoms with Crippen LogP contribution in [-0.2, 0) is 11.2 Å². The molecule has 1 amide bonds. The molecule has 2 aromatic carbocycles. The number of rotatable bonds is 6. The third kappa shape index (κ3) is 4.53. The van der Waals surface area contributed by atoms with Crippen molar-refractivity contribution >= 4 is 5.91 Å². The highest BCUT2D eigenvalue weighted by Gasteiger charge is 2.12. The van der Waals surface area contributed by atoms with Crippen LogP contribution in [0.5, 0.6) is 5.75 Å². The molecule has 4 nitrogen and oxygen atoms in total. The zero-order chi connectivity index (χ0) is 16.8. The average Bonchev–Trinajstić information content (AvgIpc) is 2.53. The molecule has 2 N–H and O–H groups in total. The molecule has 0 saturated heterocycles. The van der Waals surface area contributed by atoms with Gasteiger partial charge in [0.05, 0.1) is 19.6 Å². The van der Waals surface area contributed by atoms with Crippen molar-refractivity contribution in [2.45, 2.75) is 19.4 Å². The first-order valence-electron chi connectivity index (χ1n) is 7.34. The molecular weight excluding hydrogens is 297 g/mol. The zero-order valence-corrected chi connectivity index (χ0v) is 13.2. The summed E-state index contributed by atoms with van der Waals surface area (Å²) in [5.41, 5.74) is 2.29. The predicted molar refractivity (Wildman–Crippen MR) is 85.8 cm³/mol. The van der Waals surface area contributed by atoms with Gasteiger partial charge in [-0.15, -0.1) is 0 Å². The average molecular weight is 317 g/mol. The highest BCUT2D eigenvalue weighted by molar-refractivity contribution is 5.78. The van der Waals surface area contributed by atoms with E-state index in [2.05, 4.69) is 5.32 Å². The Morgan fingerprint density at radius 2 is 2.04 bits per heavy atom. The van der Waals surface area contributed by atoms with Crippen molar-refractivity contribution in [2.24, 2.45) is 0 Å². The summed E-state index contributed by atoms with van der Waals surface area (Å²) in [6.07, 6.45) is -0.728. The fraction of sp³-hybridized carbons (Fsp3) is 0.278. The van der Waals surface area contributed by atoms with Crippen LogP contribution in [0.2, 0.25) is 0 Å². The van der Waals surface area contributed by atoms with Crippen LogP contribution in [0.25, 0.3) is 0 Å². The third-order valence-electron chi connectivity index (χ3n) is 3.62. The highest BCUT2D eigenvalue weighted by Crippen LogP contribution is 2.18. The Morgan fingerprint density at radius 1 is 1.30 bits per heavy atom. The second kappa shape index (κ2) is 7.74. The molecule has 0 bridgehead atoms. The number of amides is 1. The van der Waals surface area contributed by atoms with Crippen molar-refractivity contribution in [1.82, 2.24) is 5.32 Å². The SMILES string of the molecule is COc1ccc(CC(=O)NCC(O)c2ccccc2C)cc1F. The van der Waals surface area contributed by atoms with Crippen LogP contribution in [-0.4, -0.2) is 24.7 Å². The van der Waals surface area contributed by atoms with Gasteiger partial charge in [0.1, 0.15) is 0 Å². The number of carbonyl (C=O) groups is 1. The smallest absolute Gasteiger partial charge is 0.224 e. The van der Waals surface area contributed by atoms with Gasteiger partial charge in [-0.05, 0) is 35.7 Å². The summed E-state index contributed by atoms with van der Waals surface area (Å²) < 4.78 is 18.4. The first-order valence-corrected chi connectivity index (χ1v) is 7.34. The Morgan fingerprint density at radius 3 is 2.70 bits per heavy atom. The van der Waals surface area contributed by atoms with Gasteiger partial charge in [0.25, 0.3) is 0 Å². The van der Waals surface area contributed by atoms with Gasteiger partial charge >= 0.3 is 0 Å². The summed E-state index contributed by atoms with van der Waals surface area (Å²) in [4.78, 5) is 11.9. The summed E-state index contributed by atoms with van der Waals surface area (Å²) in [5.74, 6) is -0.635. The van der Waals surface area contributed by atoms with E-state index in [9.17, 15) is 14.3 Å². The number of hydrogen-bond donors (Lipinski definition) is 2. The van der Waals surface area contributed by atoms with Crippen LogP contribution in [0.3, 0.4) is 0 Å². The lowest BCUT2D eigenvalue weighted by Gasteiger charge is -2.14. The first kappa shape index (κ1) is 17.0. The van der Waals surface area contributed by atoms with Gasteiger partial charge in [-0.2, -0.15) is 0 Å². The molecule has 23 heavy (non-hydrogen) atoms. The summed E-state index contributed by atoms with van der Waals surface area (Å²) in [6, 6.07) is 11.9. The maximum atomic E-state index is 13.6. The maximum Gasteiger partial charge on any atom is 0.224 e. The van der Waals surface area contributed by atoms with E-state index < -0.39 is 11.9 Å². The molecule has 0 fully saturated rings. The fourth-order valence-electron chi connectivity index (χ4n) is 2.35. The summed E-state index contributed by atoms with van der Waals surface area (Å²) in [6.45, 7) is 2.02. The number of aryl methyl sites for hydroxylation is 1. The van der Waals surface area contributed by atoms with Crippen molar-refractivity contribution in [3.05, 3.63) is 65.0 Å². The first-order chi connectivity index (χ1) is 11.0.